The van der Waals surface area contributed by atoms with Crippen LogP contribution in [-0.4, -0.2) is 90.7 Å². The molecule has 0 rings (SSSR count). The van der Waals surface area contributed by atoms with Crippen molar-refractivity contribution in [2.45, 2.75) is 24.4 Å². The van der Waals surface area contributed by atoms with Crippen LogP contribution in [0.5, 0.6) is 0 Å². The summed E-state index contributed by atoms with van der Waals surface area (Å²) in [6.45, 7) is -1.45. The van der Waals surface area contributed by atoms with Gasteiger partial charge in [-0.1, -0.05) is 0 Å². The molecule has 9 N–H and O–H groups in total. The van der Waals surface area contributed by atoms with Gasteiger partial charge in [-0.25, -0.2) is 0 Å². The molecule has 16 heavy (non-hydrogen) atoms. The van der Waals surface area contributed by atoms with Crippen molar-refractivity contribution in [1.82, 2.24) is 0 Å². The molecule has 0 amide bonds. The summed E-state index contributed by atoms with van der Waals surface area (Å²) in [5.74, 6) is 0. The van der Waals surface area contributed by atoms with Crippen molar-refractivity contribution in [2.75, 3.05) is 13.2 Å². The van der Waals surface area contributed by atoms with Crippen LogP contribution in [0.2, 0.25) is 0 Å². The first-order valence-corrected chi connectivity index (χ1v) is 4.26. The molecule has 0 aromatic heterocycles. The third-order valence-corrected chi connectivity index (χ3v) is 1.51. The van der Waals surface area contributed by atoms with Gasteiger partial charge in [0.2, 0.25) is 0 Å². The smallest absolute Gasteiger partial charge is 0.402 e. The lowest BCUT2D eigenvalue weighted by molar-refractivity contribution is -0.123. The summed E-state index contributed by atoms with van der Waals surface area (Å²) < 4.78 is 0. The topological polar surface area (TPSA) is 182 Å². The van der Waals surface area contributed by atoms with Gasteiger partial charge in [-0.2, -0.15) is 0 Å². The Morgan fingerprint density at radius 3 is 1.00 bits per heavy atom. The Bertz CT molecular complexity index is 140. The van der Waals surface area contributed by atoms with Crippen LogP contribution in [-0.2, 0) is 0 Å². The minimum Gasteiger partial charge on any atom is -0.402 e. The summed E-state index contributed by atoms with van der Waals surface area (Å²) in [6.07, 6.45) is -6.39. The fourth-order valence-electron chi connectivity index (χ4n) is 0.671. The van der Waals surface area contributed by atoms with Gasteiger partial charge >= 0.3 is 7.32 Å². The molecule has 0 bridgehead atoms. The molecule has 0 heterocycles. The fraction of sp³-hybridized carbons (Fsp3) is 1.00. The van der Waals surface area contributed by atoms with Crippen LogP contribution in [0, 0.1) is 0 Å². The lowest BCUT2D eigenvalue weighted by Crippen LogP contribution is -2.46. The van der Waals surface area contributed by atoms with Gasteiger partial charge in [0.1, 0.15) is 24.4 Å². The van der Waals surface area contributed by atoms with Gasteiger partial charge in [-0.15, -0.1) is 0 Å². The lowest BCUT2D eigenvalue weighted by Gasteiger charge is -2.24. The van der Waals surface area contributed by atoms with Crippen molar-refractivity contribution in [1.29, 1.82) is 0 Å². The van der Waals surface area contributed by atoms with E-state index in [1.54, 1.807) is 0 Å². The van der Waals surface area contributed by atoms with E-state index in [-0.39, 0.29) is 0 Å². The van der Waals surface area contributed by atoms with Gasteiger partial charge in [-0.3, -0.25) is 0 Å². The minimum absolute atomic E-state index is 0.726. The molecule has 0 aliphatic carbocycles. The molecule has 0 unspecified atom stereocenters. The average molecular weight is 244 g/mol. The van der Waals surface area contributed by atoms with Crippen molar-refractivity contribution in [3.05, 3.63) is 0 Å². The molecular formula is C6H17BO9. The van der Waals surface area contributed by atoms with Crippen LogP contribution in [0.4, 0.5) is 0 Å². The van der Waals surface area contributed by atoms with E-state index in [0.29, 0.717) is 0 Å². The van der Waals surface area contributed by atoms with E-state index in [1.165, 1.54) is 0 Å². The predicted molar refractivity (Wildman–Crippen MR) is 50.6 cm³/mol. The van der Waals surface area contributed by atoms with Crippen molar-refractivity contribution in [2.24, 2.45) is 0 Å². The molecule has 0 spiro atoms. The van der Waals surface area contributed by atoms with E-state index in [2.05, 4.69) is 0 Å². The number of rotatable bonds is 5. The summed E-state index contributed by atoms with van der Waals surface area (Å²) in [5, 5.41) is 73.7. The second-order valence-electron chi connectivity index (χ2n) is 2.83. The summed E-state index contributed by atoms with van der Waals surface area (Å²) in [4.78, 5) is 0. The van der Waals surface area contributed by atoms with Gasteiger partial charge in [0, 0.05) is 0 Å². The predicted octanol–water partition coefficient (Wildman–Crippen LogP) is -5.64. The Balaban J connectivity index is 0. The van der Waals surface area contributed by atoms with Crippen molar-refractivity contribution >= 4 is 7.32 Å². The van der Waals surface area contributed by atoms with Crippen LogP contribution in [0.25, 0.3) is 0 Å². The second kappa shape index (κ2) is 9.90. The van der Waals surface area contributed by atoms with Gasteiger partial charge in [-0.05, 0) is 0 Å². The number of aliphatic hydroxyl groups is 6. The molecule has 9 nitrogen and oxygen atoms in total. The third-order valence-electron chi connectivity index (χ3n) is 1.51. The number of aliphatic hydroxyl groups excluding tert-OH is 6. The Morgan fingerprint density at radius 1 is 0.688 bits per heavy atom. The molecule has 4 atom stereocenters. The largest absolute Gasteiger partial charge is 0.631 e. The normalized spacial score (nSPS) is 17.8. The van der Waals surface area contributed by atoms with E-state index in [0.717, 1.165) is 0 Å². The maximum Gasteiger partial charge on any atom is 0.631 e. The highest BCUT2D eigenvalue weighted by molar-refractivity contribution is 6.30. The van der Waals surface area contributed by atoms with Crippen molar-refractivity contribution < 1.29 is 45.7 Å². The van der Waals surface area contributed by atoms with Gasteiger partial charge in [0.05, 0.1) is 13.2 Å². The number of hydrogen-bond donors (Lipinski definition) is 9. The Hall–Kier alpha value is -0.295. The Kier molecular flexibility index (Phi) is 11.2. The minimum atomic E-state index is -2.17. The second-order valence-corrected chi connectivity index (χ2v) is 2.83. The molecule has 0 aliphatic rings. The maximum atomic E-state index is 8.96. The highest BCUT2D eigenvalue weighted by Crippen LogP contribution is 2.03. The van der Waals surface area contributed by atoms with Crippen LogP contribution >= 0.6 is 0 Å². The fourth-order valence-corrected chi connectivity index (χ4v) is 0.671. The van der Waals surface area contributed by atoms with Gasteiger partial charge < -0.3 is 45.7 Å². The Morgan fingerprint density at radius 2 is 0.875 bits per heavy atom. The Labute approximate surface area is 91.6 Å². The molecule has 10 heteroatoms. The number of hydrogen-bond acceptors (Lipinski definition) is 9. The molecule has 0 aromatic carbocycles. The van der Waals surface area contributed by atoms with Gasteiger partial charge in [0.15, 0.2) is 0 Å². The third kappa shape index (κ3) is 8.97. The SMILES string of the molecule is OB(O)O.OC[C@@H](O)[C@@H](O)[C@H](O)[C@@H](O)CO. The van der Waals surface area contributed by atoms with Crippen molar-refractivity contribution in [3.8, 4) is 0 Å². The molecule has 98 valence electrons. The molecule has 0 aromatic rings. The first-order valence-electron chi connectivity index (χ1n) is 4.26. The zero-order valence-corrected chi connectivity index (χ0v) is 8.33. The first-order chi connectivity index (χ1) is 7.27. The molecular weight excluding hydrogens is 227 g/mol. The summed E-state index contributed by atoms with van der Waals surface area (Å²) in [5.41, 5.74) is 0. The molecule has 0 radical (unpaired) electrons. The highest BCUT2D eigenvalue weighted by atomic mass is 16.5. The molecule has 0 aliphatic heterocycles. The average Bonchev–Trinajstić information content (AvgIpc) is 2.24. The molecule has 0 saturated carbocycles. The van der Waals surface area contributed by atoms with Crippen molar-refractivity contribution in [3.63, 3.8) is 0 Å². The summed E-state index contributed by atoms with van der Waals surface area (Å²) in [7, 11) is -2.17. The monoisotopic (exact) mass is 244 g/mol. The summed E-state index contributed by atoms with van der Waals surface area (Å²) in [6, 6.07) is 0. The molecule has 0 saturated heterocycles. The quantitative estimate of drug-likeness (QED) is 0.213. The van der Waals surface area contributed by atoms with Gasteiger partial charge in [0.25, 0.3) is 0 Å². The first kappa shape index (κ1) is 18.1. The van der Waals surface area contributed by atoms with Crippen LogP contribution in [0.1, 0.15) is 0 Å². The van der Waals surface area contributed by atoms with Crippen LogP contribution in [0.15, 0.2) is 0 Å². The van der Waals surface area contributed by atoms with E-state index < -0.39 is 45.0 Å². The standard InChI is InChI=1S/C6H14O6.BH3O3/c7-1-3(9)5(11)6(12)4(10)2-8;2-1(3)4/h3-12H,1-2H2;2-4H/t3-,4+,5-,6-;/m1./s1. The zero-order chi connectivity index (χ0) is 13.3. The highest BCUT2D eigenvalue weighted by Gasteiger charge is 2.29. The van der Waals surface area contributed by atoms with E-state index in [4.69, 9.17) is 45.7 Å². The van der Waals surface area contributed by atoms with Crippen LogP contribution in [0.3, 0.4) is 0 Å². The lowest BCUT2D eigenvalue weighted by atomic mass is 10.0. The zero-order valence-electron chi connectivity index (χ0n) is 8.33. The molecule has 0 fully saturated rings. The summed E-state index contributed by atoms with van der Waals surface area (Å²) >= 11 is 0. The van der Waals surface area contributed by atoms with Crippen LogP contribution < -0.4 is 0 Å². The van der Waals surface area contributed by atoms with E-state index in [1.807, 2.05) is 0 Å². The maximum absolute atomic E-state index is 8.96. The van der Waals surface area contributed by atoms with E-state index in [9.17, 15) is 0 Å². The van der Waals surface area contributed by atoms with E-state index >= 15 is 0 Å².